The van der Waals surface area contributed by atoms with Crippen LogP contribution >= 0.6 is 0 Å². The summed E-state index contributed by atoms with van der Waals surface area (Å²) in [5.74, 6) is -4.17. The van der Waals surface area contributed by atoms with Crippen molar-refractivity contribution in [2.45, 2.75) is 122 Å². The number of sulfonamides is 1. The van der Waals surface area contributed by atoms with Gasteiger partial charge in [0.1, 0.15) is 18.3 Å². The molecule has 5 aliphatic rings. The van der Waals surface area contributed by atoms with E-state index in [4.69, 9.17) is 22.4 Å². The van der Waals surface area contributed by atoms with Gasteiger partial charge < -0.3 is 24.0 Å². The molecule has 2 aromatic rings. The number of nitrogens with zero attached hydrogens (tertiary/aromatic N) is 3. The number of nitrogens with one attached hydrogen (secondary N) is 1. The van der Waals surface area contributed by atoms with E-state index in [0.29, 0.717) is 62.8 Å². The first-order chi connectivity index (χ1) is 29.5. The molecule has 310 valence electrons. The molecule has 1 N–H and O–H groups in total. The van der Waals surface area contributed by atoms with Gasteiger partial charge >= 0.3 is 5.97 Å². The first kappa shape index (κ1) is 33.7. The van der Waals surface area contributed by atoms with E-state index in [1.54, 1.807) is 6.20 Å². The molecule has 14 heteroatoms. The Kier molecular flexibility index (Phi) is 9.39. The highest BCUT2D eigenvalue weighted by molar-refractivity contribution is 7.90. The molecular formula is C43H58N4O9S. The minimum atomic E-state index is -3.95. The lowest BCUT2D eigenvalue weighted by atomic mass is 9.79. The molecule has 0 radical (unpaired) electrons. The predicted molar refractivity (Wildman–Crippen MR) is 215 cm³/mol. The van der Waals surface area contributed by atoms with Crippen molar-refractivity contribution in [2.24, 2.45) is 29.1 Å². The van der Waals surface area contributed by atoms with Gasteiger partial charge in [0.2, 0.25) is 27.7 Å². The molecule has 0 spiro atoms. The first-order valence-electron chi connectivity index (χ1n) is 23.2. The van der Waals surface area contributed by atoms with Crippen LogP contribution in [0.2, 0.25) is 0 Å². The zero-order valence-corrected chi connectivity index (χ0v) is 33.9. The summed E-state index contributed by atoms with van der Waals surface area (Å²) in [5, 5.41) is 0.727. The zero-order chi connectivity index (χ0) is 45.9. The maximum atomic E-state index is 15.2. The monoisotopic (exact) mass is 812 g/mol. The second-order valence-electron chi connectivity index (χ2n) is 17.0. The number of pyridine rings is 1. The maximum Gasteiger partial charge on any atom is 0.307 e. The van der Waals surface area contributed by atoms with Crippen molar-refractivity contribution >= 4 is 50.1 Å². The Morgan fingerprint density at radius 3 is 2.67 bits per heavy atom. The van der Waals surface area contributed by atoms with Crippen molar-refractivity contribution in [3.05, 3.63) is 36.5 Å². The highest BCUT2D eigenvalue weighted by Gasteiger charge is 2.61. The molecule has 0 bridgehead atoms. The number of anilines is 1. The standard InChI is InChI=1S/C43H58N4O9S/c1-7-27-20-26(2)10-8-9-11-28-23-43(28,41(51)45-57(52,53)30-12-13-30)24-36(48)35-21-29(25-47(35)40(50)33(27)22-37(49)56-42(3,4)5)55-39-32-14-15-34-38(31(32)16-17-44-39)54-19-18-46(34)6/h9,11,14-17,26-30,33,35H,7-8,10,12-13,18-25H2,1-6H3,(H,45,51)/b11-9-/t26-,27-,28-,29-,33+,35+,43-/m1/s1/i3D3,4D3. The third kappa shape index (κ3) is 8.80. The normalized spacial score (nSPS) is 32.2. The molecule has 1 aromatic carbocycles. The number of hydrogen-bond donors (Lipinski definition) is 1. The highest BCUT2D eigenvalue weighted by Crippen LogP contribution is 2.57. The molecule has 3 aliphatic heterocycles. The van der Waals surface area contributed by atoms with Crippen molar-refractivity contribution in [1.29, 1.82) is 0 Å². The van der Waals surface area contributed by atoms with Gasteiger partial charge in [-0.1, -0.05) is 32.4 Å². The highest BCUT2D eigenvalue weighted by atomic mass is 32.2. The van der Waals surface area contributed by atoms with E-state index in [9.17, 15) is 22.8 Å². The van der Waals surface area contributed by atoms with Crippen LogP contribution in [0.1, 0.15) is 107 Å². The summed E-state index contributed by atoms with van der Waals surface area (Å²) >= 11 is 0. The van der Waals surface area contributed by atoms with Gasteiger partial charge in [0.15, 0.2) is 11.5 Å². The number of esters is 1. The number of allylic oxidation sites excluding steroid dienone is 2. The predicted octanol–water partition coefficient (Wildman–Crippen LogP) is 5.74. The number of carbonyl (C=O) groups is 4. The Morgan fingerprint density at radius 2 is 1.93 bits per heavy atom. The number of carbonyl (C=O) groups excluding carboxylic acids is 4. The second kappa shape index (κ2) is 15.9. The van der Waals surface area contributed by atoms with Crippen molar-refractivity contribution in [1.82, 2.24) is 14.6 Å². The number of aromatic nitrogens is 1. The van der Waals surface area contributed by atoms with Crippen molar-refractivity contribution in [3.63, 3.8) is 0 Å². The SMILES string of the molecule is [2H]C([2H])([2H])C(C)(OC(=O)C[C@@H]1C(=O)N2C[C@H](Oc3nccc4c5c(ccc34)N(C)CCO5)C[C@H]2C(=O)C[C@]2(C(=O)NS(=O)(=O)C3CC3)C[C@H]2/C=C\CC[C@@H](C)C[C@H]1CC)C([2H])([2H])[2H]. The van der Waals surface area contributed by atoms with Crippen molar-refractivity contribution in [2.75, 3.05) is 31.6 Å². The Hall–Kier alpha value is -4.20. The number of ether oxygens (including phenoxy) is 3. The zero-order valence-electron chi connectivity index (χ0n) is 39.1. The van der Waals surface area contributed by atoms with Gasteiger partial charge in [-0.3, -0.25) is 23.9 Å². The molecule has 1 aromatic heterocycles. The summed E-state index contributed by atoms with van der Waals surface area (Å²) in [7, 11) is -1.98. The molecule has 7 atom stereocenters. The van der Waals surface area contributed by atoms with Gasteiger partial charge in [-0.15, -0.1) is 0 Å². The number of ketones is 1. The summed E-state index contributed by atoms with van der Waals surface area (Å²) in [5.41, 5.74) is -3.35. The molecule has 0 unspecified atom stereocenters. The van der Waals surface area contributed by atoms with E-state index in [1.807, 2.05) is 51.2 Å². The van der Waals surface area contributed by atoms with Crippen LogP contribution in [0.25, 0.3) is 10.8 Å². The molecule has 3 fully saturated rings. The maximum absolute atomic E-state index is 15.2. The third-order valence-corrected chi connectivity index (χ3v) is 14.2. The van der Waals surface area contributed by atoms with E-state index in [-0.39, 0.29) is 37.6 Å². The number of likely N-dealkylation sites (N-methyl/N-ethyl adjacent to an activating group) is 1. The van der Waals surface area contributed by atoms with Gasteiger partial charge in [0, 0.05) is 45.1 Å². The average molecular weight is 813 g/mol. The minimum Gasteiger partial charge on any atom is -0.489 e. The lowest BCUT2D eigenvalue weighted by Crippen LogP contribution is -2.48. The molecule has 7 rings (SSSR count). The molecule has 2 saturated carbocycles. The van der Waals surface area contributed by atoms with E-state index in [2.05, 4.69) is 14.6 Å². The summed E-state index contributed by atoms with van der Waals surface area (Å²) < 4.78 is 94.2. The molecule has 57 heavy (non-hydrogen) atoms. The molecule has 13 nitrogen and oxygen atoms in total. The molecule has 2 amide bonds. The molecular weight excluding hydrogens is 749 g/mol. The smallest absolute Gasteiger partial charge is 0.307 e. The van der Waals surface area contributed by atoms with Crippen LogP contribution in [0, 0.1) is 29.1 Å². The van der Waals surface area contributed by atoms with Gasteiger partial charge in [0.05, 0.1) is 47.8 Å². The van der Waals surface area contributed by atoms with E-state index in [1.165, 1.54) is 4.90 Å². The number of Topliss-reactive ketones (excluding diaryl/α,β-unsaturated/α-hetero) is 1. The van der Waals surface area contributed by atoms with Crippen LogP contribution in [-0.2, 0) is 33.9 Å². The van der Waals surface area contributed by atoms with Crippen LogP contribution < -0.4 is 19.1 Å². The average Bonchev–Trinajstić information content (AvgIpc) is 4.13. The quantitative estimate of drug-likeness (QED) is 0.256. The lowest BCUT2D eigenvalue weighted by Gasteiger charge is -2.33. The Bertz CT molecular complexity index is 2250. The van der Waals surface area contributed by atoms with Gasteiger partial charge in [0.25, 0.3) is 0 Å². The Morgan fingerprint density at radius 1 is 1.14 bits per heavy atom. The van der Waals surface area contributed by atoms with Gasteiger partial charge in [-0.2, -0.15) is 0 Å². The lowest BCUT2D eigenvalue weighted by molar-refractivity contribution is -0.160. The molecule has 4 heterocycles. The number of amides is 2. The summed E-state index contributed by atoms with van der Waals surface area (Å²) in [4.78, 5) is 65.9. The summed E-state index contributed by atoms with van der Waals surface area (Å²) in [6.07, 6.45) is 6.78. The number of benzene rings is 1. The fourth-order valence-corrected chi connectivity index (χ4v) is 10.4. The van der Waals surface area contributed by atoms with Gasteiger partial charge in [-0.25, -0.2) is 13.4 Å². The van der Waals surface area contributed by atoms with Crippen LogP contribution in [0.5, 0.6) is 11.6 Å². The second-order valence-corrected chi connectivity index (χ2v) is 19.0. The van der Waals surface area contributed by atoms with E-state index >= 15 is 4.79 Å². The number of hydrogen-bond acceptors (Lipinski definition) is 11. The van der Waals surface area contributed by atoms with E-state index in [0.717, 1.165) is 18.0 Å². The van der Waals surface area contributed by atoms with Crippen molar-refractivity contribution < 1.29 is 50.0 Å². The molecule has 2 aliphatic carbocycles. The third-order valence-electron chi connectivity index (χ3n) is 12.4. The number of fused-ring (bicyclic) bond motifs is 5. The van der Waals surface area contributed by atoms with Crippen molar-refractivity contribution in [3.8, 4) is 11.6 Å². The fourth-order valence-electron chi connectivity index (χ4n) is 8.99. The van der Waals surface area contributed by atoms with E-state index < -0.39 is 99.9 Å². The first-order valence-corrected chi connectivity index (χ1v) is 21.7. The van der Waals surface area contributed by atoms with Crippen LogP contribution in [-0.4, -0.2) is 91.6 Å². The largest absolute Gasteiger partial charge is 0.489 e. The minimum absolute atomic E-state index is 0.0149. The van der Waals surface area contributed by atoms with Crippen LogP contribution in [0.3, 0.4) is 0 Å². The van der Waals surface area contributed by atoms with Gasteiger partial charge in [-0.05, 0) is 95.1 Å². The van der Waals surface area contributed by atoms with Crippen LogP contribution in [0.4, 0.5) is 5.69 Å². The topological polar surface area (TPSA) is 162 Å². The summed E-state index contributed by atoms with van der Waals surface area (Å²) in [6.45, 7) is -0.706. The Labute approximate surface area is 344 Å². The Balaban J connectivity index is 1.25. The fraction of sp³-hybridized carbons (Fsp3) is 0.651. The number of rotatable bonds is 8. The molecule has 1 saturated heterocycles. The summed E-state index contributed by atoms with van der Waals surface area (Å²) in [6, 6.07) is 4.42. The van der Waals surface area contributed by atoms with Crippen LogP contribution in [0.15, 0.2) is 36.5 Å².